The normalized spacial score (nSPS) is 10.1. The monoisotopic (exact) mass is 245 g/mol. The zero-order valence-electron chi connectivity index (χ0n) is 10.1. The first-order chi connectivity index (χ1) is 8.69. The molecule has 0 bridgehead atoms. The first-order valence-corrected chi connectivity index (χ1v) is 5.53. The van der Waals surface area contributed by atoms with Crippen molar-refractivity contribution in [2.45, 2.75) is 6.61 Å². The molecule has 0 heterocycles. The lowest BCUT2D eigenvalue weighted by Crippen LogP contribution is -1.97. The Bertz CT molecular complexity index is 540. The zero-order valence-corrected chi connectivity index (χ0v) is 10.1. The molecule has 0 saturated carbocycles. The number of nitrogen functional groups attached to an aromatic ring is 1. The maximum absolute atomic E-state index is 9.31. The molecule has 94 valence electrons. The highest BCUT2D eigenvalue weighted by Gasteiger charge is 2.01. The van der Waals surface area contributed by atoms with Gasteiger partial charge in [-0.1, -0.05) is 12.1 Å². The summed E-state index contributed by atoms with van der Waals surface area (Å²) in [6.07, 6.45) is 0. The standard InChI is InChI=1S/C14H15NO3/c1-17-11-3-2-4-12(8-11)18-9-10-5-6-14(16)13(15)7-10/h2-8,16H,9,15H2,1H3. The molecule has 0 aliphatic heterocycles. The van der Waals surface area contributed by atoms with Crippen molar-refractivity contribution >= 4 is 5.69 Å². The Morgan fingerprint density at radius 1 is 1.11 bits per heavy atom. The molecule has 0 radical (unpaired) electrons. The lowest BCUT2D eigenvalue weighted by atomic mass is 10.2. The predicted octanol–water partition coefficient (Wildman–Crippen LogP) is 2.56. The second-order valence-electron chi connectivity index (χ2n) is 3.86. The highest BCUT2D eigenvalue weighted by atomic mass is 16.5. The van der Waals surface area contributed by atoms with Crippen molar-refractivity contribution < 1.29 is 14.6 Å². The van der Waals surface area contributed by atoms with Gasteiger partial charge in [-0.15, -0.1) is 0 Å². The van der Waals surface area contributed by atoms with Crippen molar-refractivity contribution in [2.24, 2.45) is 0 Å². The lowest BCUT2D eigenvalue weighted by molar-refractivity contribution is 0.303. The molecular weight excluding hydrogens is 230 g/mol. The Labute approximate surface area is 106 Å². The van der Waals surface area contributed by atoms with Crippen LogP contribution in [0.1, 0.15) is 5.56 Å². The fourth-order valence-corrected chi connectivity index (χ4v) is 1.55. The van der Waals surface area contributed by atoms with Crippen LogP contribution in [0.5, 0.6) is 17.2 Å². The minimum Gasteiger partial charge on any atom is -0.506 e. The van der Waals surface area contributed by atoms with E-state index in [1.54, 1.807) is 25.3 Å². The number of hydrogen-bond acceptors (Lipinski definition) is 4. The Hall–Kier alpha value is -2.36. The van der Waals surface area contributed by atoms with Crippen molar-refractivity contribution in [3.05, 3.63) is 48.0 Å². The predicted molar refractivity (Wildman–Crippen MR) is 69.8 cm³/mol. The zero-order chi connectivity index (χ0) is 13.0. The Morgan fingerprint density at radius 3 is 2.61 bits per heavy atom. The van der Waals surface area contributed by atoms with E-state index >= 15 is 0 Å². The Morgan fingerprint density at radius 2 is 1.89 bits per heavy atom. The van der Waals surface area contributed by atoms with Crippen LogP contribution in [0.25, 0.3) is 0 Å². The number of benzene rings is 2. The van der Waals surface area contributed by atoms with Gasteiger partial charge in [-0.2, -0.15) is 0 Å². The summed E-state index contributed by atoms with van der Waals surface area (Å²) in [7, 11) is 1.61. The molecule has 0 fully saturated rings. The van der Waals surface area contributed by atoms with Crippen LogP contribution < -0.4 is 15.2 Å². The third-order valence-electron chi connectivity index (χ3n) is 2.54. The van der Waals surface area contributed by atoms with Crippen LogP contribution >= 0.6 is 0 Å². The topological polar surface area (TPSA) is 64.7 Å². The number of rotatable bonds is 4. The highest BCUT2D eigenvalue weighted by Crippen LogP contribution is 2.23. The van der Waals surface area contributed by atoms with Crippen LogP contribution in [0.4, 0.5) is 5.69 Å². The van der Waals surface area contributed by atoms with Crippen LogP contribution in [0.3, 0.4) is 0 Å². The number of anilines is 1. The number of phenolic OH excluding ortho intramolecular Hbond substituents is 1. The molecule has 2 aromatic carbocycles. The average molecular weight is 245 g/mol. The average Bonchev–Trinajstić information content (AvgIpc) is 2.40. The van der Waals surface area contributed by atoms with E-state index in [9.17, 15) is 5.11 Å². The summed E-state index contributed by atoms with van der Waals surface area (Å²) >= 11 is 0. The molecule has 0 aliphatic carbocycles. The molecular formula is C14H15NO3. The fraction of sp³-hybridized carbons (Fsp3) is 0.143. The highest BCUT2D eigenvalue weighted by molar-refractivity contribution is 5.53. The van der Waals surface area contributed by atoms with Crippen molar-refractivity contribution in [3.63, 3.8) is 0 Å². The molecule has 0 saturated heterocycles. The molecule has 2 rings (SSSR count). The number of ether oxygens (including phenoxy) is 2. The van der Waals surface area contributed by atoms with E-state index in [2.05, 4.69) is 0 Å². The summed E-state index contributed by atoms with van der Waals surface area (Å²) in [5.74, 6) is 1.55. The Balaban J connectivity index is 2.04. The lowest BCUT2D eigenvalue weighted by Gasteiger charge is -2.08. The fourth-order valence-electron chi connectivity index (χ4n) is 1.55. The first kappa shape index (κ1) is 12.1. The maximum atomic E-state index is 9.31. The summed E-state index contributed by atoms with van der Waals surface area (Å²) in [6, 6.07) is 12.4. The molecule has 0 aliphatic rings. The SMILES string of the molecule is COc1cccc(OCc2ccc(O)c(N)c2)c1. The maximum Gasteiger partial charge on any atom is 0.138 e. The summed E-state index contributed by atoms with van der Waals surface area (Å²) in [4.78, 5) is 0. The second-order valence-corrected chi connectivity index (χ2v) is 3.86. The van der Waals surface area contributed by atoms with E-state index in [-0.39, 0.29) is 5.75 Å². The summed E-state index contributed by atoms with van der Waals surface area (Å²) in [6.45, 7) is 0.387. The van der Waals surface area contributed by atoms with Crippen LogP contribution in [0, 0.1) is 0 Å². The van der Waals surface area contributed by atoms with Gasteiger partial charge in [0.25, 0.3) is 0 Å². The molecule has 0 amide bonds. The largest absolute Gasteiger partial charge is 0.506 e. The minimum atomic E-state index is 0.0835. The molecule has 3 N–H and O–H groups in total. The number of aromatic hydroxyl groups is 1. The van der Waals surface area contributed by atoms with E-state index in [1.807, 2.05) is 24.3 Å². The van der Waals surface area contributed by atoms with Crippen molar-refractivity contribution in [3.8, 4) is 17.2 Å². The van der Waals surface area contributed by atoms with Crippen LogP contribution in [-0.4, -0.2) is 12.2 Å². The number of phenols is 1. The third-order valence-corrected chi connectivity index (χ3v) is 2.54. The van der Waals surface area contributed by atoms with Gasteiger partial charge in [0.1, 0.15) is 23.9 Å². The van der Waals surface area contributed by atoms with Crippen LogP contribution in [0.15, 0.2) is 42.5 Å². The molecule has 0 aromatic heterocycles. The molecule has 0 atom stereocenters. The van der Waals surface area contributed by atoms with Gasteiger partial charge in [0.2, 0.25) is 0 Å². The van der Waals surface area contributed by atoms with Gasteiger partial charge in [-0.25, -0.2) is 0 Å². The van der Waals surface area contributed by atoms with E-state index in [0.29, 0.717) is 12.3 Å². The molecule has 18 heavy (non-hydrogen) atoms. The molecule has 0 spiro atoms. The van der Waals surface area contributed by atoms with Crippen molar-refractivity contribution in [1.82, 2.24) is 0 Å². The van der Waals surface area contributed by atoms with Gasteiger partial charge in [-0.3, -0.25) is 0 Å². The van der Waals surface area contributed by atoms with Gasteiger partial charge in [0.15, 0.2) is 0 Å². The molecule has 2 aromatic rings. The smallest absolute Gasteiger partial charge is 0.138 e. The van der Waals surface area contributed by atoms with Gasteiger partial charge >= 0.3 is 0 Å². The van der Waals surface area contributed by atoms with E-state index in [4.69, 9.17) is 15.2 Å². The van der Waals surface area contributed by atoms with Gasteiger partial charge in [0, 0.05) is 6.07 Å². The molecule has 4 nitrogen and oxygen atoms in total. The summed E-state index contributed by atoms with van der Waals surface area (Å²) in [5, 5.41) is 9.31. The molecule has 0 unspecified atom stereocenters. The van der Waals surface area contributed by atoms with E-state index in [1.165, 1.54) is 0 Å². The van der Waals surface area contributed by atoms with Crippen molar-refractivity contribution in [2.75, 3.05) is 12.8 Å². The summed E-state index contributed by atoms with van der Waals surface area (Å²) in [5.41, 5.74) is 6.85. The van der Waals surface area contributed by atoms with Crippen LogP contribution in [-0.2, 0) is 6.61 Å². The Kier molecular flexibility index (Phi) is 3.57. The number of methoxy groups -OCH3 is 1. The van der Waals surface area contributed by atoms with E-state index < -0.39 is 0 Å². The summed E-state index contributed by atoms with van der Waals surface area (Å²) < 4.78 is 10.7. The van der Waals surface area contributed by atoms with Gasteiger partial charge in [0.05, 0.1) is 12.8 Å². The van der Waals surface area contributed by atoms with Gasteiger partial charge < -0.3 is 20.3 Å². The van der Waals surface area contributed by atoms with E-state index in [0.717, 1.165) is 17.1 Å². The molecule has 4 heteroatoms. The minimum absolute atomic E-state index is 0.0835. The van der Waals surface area contributed by atoms with Gasteiger partial charge in [-0.05, 0) is 29.8 Å². The third kappa shape index (κ3) is 2.85. The number of nitrogens with two attached hydrogens (primary N) is 1. The quantitative estimate of drug-likeness (QED) is 0.641. The van der Waals surface area contributed by atoms with Crippen molar-refractivity contribution in [1.29, 1.82) is 0 Å². The first-order valence-electron chi connectivity index (χ1n) is 5.53. The van der Waals surface area contributed by atoms with Crippen LogP contribution in [0.2, 0.25) is 0 Å². The second kappa shape index (κ2) is 5.31. The number of hydrogen-bond donors (Lipinski definition) is 2.